The van der Waals surface area contributed by atoms with Gasteiger partial charge >= 0.3 is 0 Å². The van der Waals surface area contributed by atoms with Crippen LogP contribution in [0.15, 0.2) is 54.6 Å². The number of aromatic nitrogens is 1. The van der Waals surface area contributed by atoms with Gasteiger partial charge < -0.3 is 9.47 Å². The van der Waals surface area contributed by atoms with Gasteiger partial charge in [-0.05, 0) is 24.2 Å². The van der Waals surface area contributed by atoms with Gasteiger partial charge in [0, 0.05) is 42.7 Å². The van der Waals surface area contributed by atoms with Crippen molar-refractivity contribution in [2.45, 2.75) is 19.5 Å². The van der Waals surface area contributed by atoms with Crippen molar-refractivity contribution in [3.05, 3.63) is 71.4 Å². The third-order valence-corrected chi connectivity index (χ3v) is 4.54. The molecule has 1 aliphatic heterocycles. The molecule has 5 nitrogen and oxygen atoms in total. The maximum Gasteiger partial charge on any atom is 0.261 e. The number of fused-ring (bicyclic) bond motifs is 3. The van der Waals surface area contributed by atoms with Gasteiger partial charge in [-0.25, -0.2) is 0 Å². The van der Waals surface area contributed by atoms with Crippen LogP contribution in [0.25, 0.3) is 10.9 Å². The zero-order valence-corrected chi connectivity index (χ0v) is 15.9. The number of rotatable bonds is 2. The first-order chi connectivity index (χ1) is 12.3. The Kier molecular flexibility index (Phi) is 5.46. The zero-order chi connectivity index (χ0) is 18.7. The van der Waals surface area contributed by atoms with Crippen LogP contribution < -0.4 is 0 Å². The van der Waals surface area contributed by atoms with Crippen LogP contribution in [0.3, 0.4) is 0 Å². The van der Waals surface area contributed by atoms with E-state index in [0.717, 1.165) is 26.1 Å². The molecular formula is C20H24N2O3S. The second-order valence-corrected chi connectivity index (χ2v) is 8.20. The van der Waals surface area contributed by atoms with Crippen LogP contribution >= 0.6 is 0 Å². The molecule has 0 unspecified atom stereocenters. The normalized spacial score (nSPS) is 14.6. The molecule has 0 aliphatic carbocycles. The summed E-state index contributed by atoms with van der Waals surface area (Å²) < 4.78 is 28.4. The Morgan fingerprint density at radius 2 is 1.65 bits per heavy atom. The summed E-state index contributed by atoms with van der Waals surface area (Å²) in [5, 5.41) is 1.43. The molecule has 6 heteroatoms. The molecule has 0 atom stereocenters. The summed E-state index contributed by atoms with van der Waals surface area (Å²) in [6, 6.07) is 19.6. The van der Waals surface area contributed by atoms with E-state index in [-0.39, 0.29) is 0 Å². The van der Waals surface area contributed by atoms with Crippen LogP contribution in [0.5, 0.6) is 0 Å². The number of hydrogen-bond donors (Lipinski definition) is 1. The van der Waals surface area contributed by atoms with Crippen molar-refractivity contribution in [3.63, 3.8) is 0 Å². The van der Waals surface area contributed by atoms with E-state index in [9.17, 15) is 8.42 Å². The van der Waals surface area contributed by atoms with E-state index >= 15 is 0 Å². The van der Waals surface area contributed by atoms with Crippen molar-refractivity contribution in [1.82, 2.24) is 9.47 Å². The standard InChI is InChI=1S/C19H20N2.CH4O3S/c1-20-12-11-19-17(14-20)16-9-5-6-10-18(16)21(19)13-15-7-3-2-4-8-15;1-5(2,3)4/h2-10H,11-14H2,1H3;1H3,(H,2,3,4). The molecule has 1 aliphatic rings. The summed E-state index contributed by atoms with van der Waals surface area (Å²) >= 11 is 0. The molecule has 138 valence electrons. The molecule has 0 amide bonds. The van der Waals surface area contributed by atoms with Crippen molar-refractivity contribution < 1.29 is 13.0 Å². The predicted molar refractivity (Wildman–Crippen MR) is 105 cm³/mol. The minimum Gasteiger partial charge on any atom is -0.340 e. The van der Waals surface area contributed by atoms with Crippen LogP contribution in [0.2, 0.25) is 0 Å². The van der Waals surface area contributed by atoms with Crippen molar-refractivity contribution in [2.75, 3.05) is 19.8 Å². The van der Waals surface area contributed by atoms with Crippen LogP contribution in [0, 0.1) is 0 Å². The summed E-state index contributed by atoms with van der Waals surface area (Å²) in [6.07, 6.45) is 1.86. The number of para-hydroxylation sites is 1. The summed E-state index contributed by atoms with van der Waals surface area (Å²) in [7, 11) is -1.45. The lowest BCUT2D eigenvalue weighted by Crippen LogP contribution is -2.27. The van der Waals surface area contributed by atoms with Gasteiger partial charge in [0.15, 0.2) is 0 Å². The average molecular weight is 372 g/mol. The number of hydrogen-bond acceptors (Lipinski definition) is 3. The Labute approximate surface area is 154 Å². The molecule has 26 heavy (non-hydrogen) atoms. The molecule has 0 saturated carbocycles. The van der Waals surface area contributed by atoms with Crippen molar-refractivity contribution in [3.8, 4) is 0 Å². The maximum atomic E-state index is 9.19. The van der Waals surface area contributed by atoms with Crippen LogP contribution in [0.4, 0.5) is 0 Å². The highest BCUT2D eigenvalue weighted by molar-refractivity contribution is 7.85. The van der Waals surface area contributed by atoms with E-state index < -0.39 is 10.1 Å². The fourth-order valence-electron chi connectivity index (χ4n) is 3.48. The molecule has 0 radical (unpaired) electrons. The first-order valence-electron chi connectivity index (χ1n) is 8.57. The van der Waals surface area contributed by atoms with Crippen LogP contribution in [0.1, 0.15) is 16.8 Å². The smallest absolute Gasteiger partial charge is 0.261 e. The van der Waals surface area contributed by atoms with Gasteiger partial charge in [-0.3, -0.25) is 4.55 Å². The highest BCUT2D eigenvalue weighted by Gasteiger charge is 2.21. The van der Waals surface area contributed by atoms with Crippen molar-refractivity contribution in [2.24, 2.45) is 0 Å². The van der Waals surface area contributed by atoms with Gasteiger partial charge in [-0.15, -0.1) is 0 Å². The van der Waals surface area contributed by atoms with E-state index in [1.165, 1.54) is 27.7 Å². The summed E-state index contributed by atoms with van der Waals surface area (Å²) in [4.78, 5) is 2.42. The lowest BCUT2D eigenvalue weighted by Gasteiger charge is -2.24. The molecule has 0 bridgehead atoms. The Hall–Kier alpha value is -2.15. The van der Waals surface area contributed by atoms with Crippen molar-refractivity contribution >= 4 is 21.0 Å². The monoisotopic (exact) mass is 372 g/mol. The first-order valence-corrected chi connectivity index (χ1v) is 10.4. The molecule has 1 aromatic heterocycles. The third-order valence-electron chi connectivity index (χ3n) is 4.54. The SMILES string of the molecule is CN1CCc2c(c3ccccc3n2Cc2ccccc2)C1.CS(=O)(=O)O. The van der Waals surface area contributed by atoms with E-state index in [1.54, 1.807) is 0 Å². The van der Waals surface area contributed by atoms with Crippen molar-refractivity contribution in [1.29, 1.82) is 0 Å². The molecule has 4 rings (SSSR count). The average Bonchev–Trinajstić information content (AvgIpc) is 2.88. The minimum absolute atomic E-state index is 0.715. The van der Waals surface area contributed by atoms with Crippen LogP contribution in [-0.2, 0) is 29.6 Å². The second kappa shape index (κ2) is 7.61. The first kappa shape index (κ1) is 18.6. The highest BCUT2D eigenvalue weighted by Crippen LogP contribution is 2.31. The molecule has 3 aromatic rings. The fraction of sp³-hybridized carbons (Fsp3) is 0.300. The molecular weight excluding hydrogens is 348 g/mol. The molecule has 2 aromatic carbocycles. The zero-order valence-electron chi connectivity index (χ0n) is 15.1. The summed E-state index contributed by atoms with van der Waals surface area (Å²) in [6.45, 7) is 3.19. The molecule has 0 fully saturated rings. The van der Waals surface area contributed by atoms with Gasteiger partial charge in [0.1, 0.15) is 0 Å². The molecule has 2 heterocycles. The lowest BCUT2D eigenvalue weighted by atomic mass is 10.1. The van der Waals surface area contributed by atoms with E-state index in [4.69, 9.17) is 4.55 Å². The number of likely N-dealkylation sites (N-methyl/N-ethyl adjacent to an activating group) is 1. The Morgan fingerprint density at radius 1 is 1.04 bits per heavy atom. The Morgan fingerprint density at radius 3 is 2.35 bits per heavy atom. The third kappa shape index (κ3) is 4.52. The lowest BCUT2D eigenvalue weighted by molar-refractivity contribution is 0.310. The molecule has 0 saturated heterocycles. The van der Waals surface area contributed by atoms with E-state index in [2.05, 4.69) is 71.1 Å². The topological polar surface area (TPSA) is 62.5 Å². The predicted octanol–water partition coefficient (Wildman–Crippen LogP) is 3.18. The highest BCUT2D eigenvalue weighted by atomic mass is 32.2. The minimum atomic E-state index is -3.67. The van der Waals surface area contributed by atoms with Gasteiger partial charge in [0.2, 0.25) is 0 Å². The number of benzene rings is 2. The maximum absolute atomic E-state index is 9.19. The van der Waals surface area contributed by atoms with Gasteiger partial charge in [0.25, 0.3) is 10.1 Å². The Bertz CT molecular complexity index is 987. The van der Waals surface area contributed by atoms with E-state index in [0.29, 0.717) is 6.26 Å². The Balaban J connectivity index is 0.000000349. The second-order valence-electron chi connectivity index (χ2n) is 6.73. The van der Waals surface area contributed by atoms with Gasteiger partial charge in [-0.2, -0.15) is 8.42 Å². The fourth-order valence-corrected chi connectivity index (χ4v) is 3.48. The van der Waals surface area contributed by atoms with Gasteiger partial charge in [0.05, 0.1) is 6.26 Å². The molecule has 0 spiro atoms. The van der Waals surface area contributed by atoms with Gasteiger partial charge in [-0.1, -0.05) is 48.5 Å². The number of nitrogens with zero attached hydrogens (tertiary/aromatic N) is 2. The summed E-state index contributed by atoms with van der Waals surface area (Å²) in [5.41, 5.74) is 5.80. The molecule has 1 N–H and O–H groups in total. The van der Waals surface area contributed by atoms with Crippen LogP contribution in [-0.4, -0.2) is 42.3 Å². The quantitative estimate of drug-likeness (QED) is 0.702. The largest absolute Gasteiger partial charge is 0.340 e. The van der Waals surface area contributed by atoms with E-state index in [1.807, 2.05) is 0 Å². The summed E-state index contributed by atoms with van der Waals surface area (Å²) in [5.74, 6) is 0.